The minimum absolute atomic E-state index is 0.124. The fourth-order valence-electron chi connectivity index (χ4n) is 4.11. The smallest absolute Gasteiger partial charge is 0.320 e. The van der Waals surface area contributed by atoms with Gasteiger partial charge in [0, 0.05) is 39.3 Å². The Morgan fingerprint density at radius 1 is 0.586 bits per heavy atom. The number of ether oxygens (including phenoxy) is 2. The number of nitrogens with zero attached hydrogens (tertiary/aromatic N) is 4. The zero-order valence-corrected chi connectivity index (χ0v) is 18.4. The second-order valence-electron chi connectivity index (χ2n) is 7.91. The molecule has 0 aliphatic carbocycles. The molecular formula is C21H40N4O4. The van der Waals surface area contributed by atoms with Crippen molar-refractivity contribution in [1.29, 1.82) is 0 Å². The minimum atomic E-state index is -0.124. The summed E-state index contributed by atoms with van der Waals surface area (Å²) < 4.78 is 10.3. The van der Waals surface area contributed by atoms with Crippen molar-refractivity contribution in [2.75, 3.05) is 91.8 Å². The summed E-state index contributed by atoms with van der Waals surface area (Å²) in [4.78, 5) is 33.4. The molecule has 0 N–H and O–H groups in total. The summed E-state index contributed by atoms with van der Waals surface area (Å²) in [6, 6.07) is 0. The van der Waals surface area contributed by atoms with Crippen molar-refractivity contribution in [3.05, 3.63) is 0 Å². The highest BCUT2D eigenvalue weighted by Gasteiger charge is 2.19. The molecule has 8 nitrogen and oxygen atoms in total. The lowest BCUT2D eigenvalue weighted by Gasteiger charge is -2.29. The van der Waals surface area contributed by atoms with Gasteiger partial charge in [0.2, 0.25) is 0 Å². The first-order chi connectivity index (χ1) is 14.1. The molecule has 2 bridgehead atoms. The maximum Gasteiger partial charge on any atom is 0.320 e. The van der Waals surface area contributed by atoms with Gasteiger partial charge in [-0.05, 0) is 59.3 Å². The first-order valence-corrected chi connectivity index (χ1v) is 11.3. The molecular weight excluding hydrogens is 372 g/mol. The Kier molecular flexibility index (Phi) is 11.5. The van der Waals surface area contributed by atoms with Crippen LogP contribution in [0.3, 0.4) is 0 Å². The van der Waals surface area contributed by atoms with Crippen molar-refractivity contribution in [1.82, 2.24) is 19.6 Å². The number of fused-ring (bicyclic) bond motifs is 4. The molecule has 168 valence electrons. The van der Waals surface area contributed by atoms with Crippen molar-refractivity contribution < 1.29 is 19.1 Å². The van der Waals surface area contributed by atoms with Gasteiger partial charge >= 0.3 is 11.9 Å². The van der Waals surface area contributed by atoms with Crippen molar-refractivity contribution in [3.8, 4) is 0 Å². The molecule has 0 spiro atoms. The topological polar surface area (TPSA) is 65.6 Å². The highest BCUT2D eigenvalue weighted by atomic mass is 16.5. The molecule has 2 fully saturated rings. The Morgan fingerprint density at radius 3 is 1.34 bits per heavy atom. The van der Waals surface area contributed by atoms with E-state index in [9.17, 15) is 9.59 Å². The fraction of sp³-hybridized carbons (Fsp3) is 0.905. The van der Waals surface area contributed by atoms with Gasteiger partial charge in [0.15, 0.2) is 0 Å². The lowest BCUT2D eigenvalue weighted by Crippen LogP contribution is -2.42. The van der Waals surface area contributed by atoms with Crippen LogP contribution >= 0.6 is 0 Å². The van der Waals surface area contributed by atoms with E-state index < -0.39 is 0 Å². The van der Waals surface area contributed by atoms with E-state index in [4.69, 9.17) is 9.47 Å². The largest absolute Gasteiger partial charge is 0.465 e. The molecule has 2 saturated heterocycles. The molecule has 0 aromatic heterocycles. The summed E-state index contributed by atoms with van der Waals surface area (Å²) in [6.45, 7) is 15.1. The van der Waals surface area contributed by atoms with Crippen molar-refractivity contribution >= 4 is 11.9 Å². The van der Waals surface area contributed by atoms with Crippen LogP contribution < -0.4 is 0 Å². The Hall–Kier alpha value is -1.22. The van der Waals surface area contributed by atoms with Crippen LogP contribution in [0.25, 0.3) is 0 Å². The molecule has 29 heavy (non-hydrogen) atoms. The van der Waals surface area contributed by atoms with E-state index in [2.05, 4.69) is 19.6 Å². The molecule has 2 rings (SSSR count). The summed E-state index contributed by atoms with van der Waals surface area (Å²) in [5, 5.41) is 0. The Morgan fingerprint density at radius 2 is 0.966 bits per heavy atom. The number of carbonyl (C=O) groups excluding carboxylic acids is 2. The van der Waals surface area contributed by atoms with Crippen molar-refractivity contribution in [2.45, 2.75) is 33.1 Å². The van der Waals surface area contributed by atoms with Gasteiger partial charge in [-0.1, -0.05) is 0 Å². The van der Waals surface area contributed by atoms with Gasteiger partial charge in [-0.15, -0.1) is 0 Å². The van der Waals surface area contributed by atoms with E-state index in [0.717, 1.165) is 84.7 Å². The van der Waals surface area contributed by atoms with Gasteiger partial charge in [-0.2, -0.15) is 0 Å². The van der Waals surface area contributed by atoms with Crippen LogP contribution in [0, 0.1) is 0 Å². The lowest BCUT2D eigenvalue weighted by molar-refractivity contribution is -0.145. The first kappa shape index (κ1) is 24.1. The highest BCUT2D eigenvalue weighted by Crippen LogP contribution is 2.07. The van der Waals surface area contributed by atoms with Gasteiger partial charge < -0.3 is 19.3 Å². The van der Waals surface area contributed by atoms with Crippen molar-refractivity contribution in [3.63, 3.8) is 0 Å². The van der Waals surface area contributed by atoms with E-state index in [1.54, 1.807) is 0 Å². The lowest BCUT2D eigenvalue weighted by atomic mass is 10.3. The number of carbonyl (C=O) groups is 2. The standard InChI is InChI=1S/C21H40N4O4/c1-3-28-20(26)18-24-12-6-10-23-9-5-8-22(14-16-24)11-7-13-25(17-15-23)19-21(27)29-4-2/h3-19H2,1-2H3. The number of rotatable bonds is 6. The molecule has 2 unspecified atom stereocenters. The maximum absolute atomic E-state index is 12.0. The van der Waals surface area contributed by atoms with E-state index in [-0.39, 0.29) is 11.9 Å². The first-order valence-electron chi connectivity index (χ1n) is 11.3. The summed E-state index contributed by atoms with van der Waals surface area (Å²) >= 11 is 0. The van der Waals surface area contributed by atoms with Gasteiger partial charge in [0.1, 0.15) is 0 Å². The molecule has 0 aromatic carbocycles. The average Bonchev–Trinajstić information content (AvgIpc) is 2.74. The Bertz CT molecular complexity index is 449. The third-order valence-corrected chi connectivity index (χ3v) is 5.63. The number of esters is 2. The zero-order valence-electron chi connectivity index (χ0n) is 18.4. The van der Waals surface area contributed by atoms with Gasteiger partial charge in [-0.25, -0.2) is 0 Å². The molecule has 2 aliphatic rings. The van der Waals surface area contributed by atoms with Crippen LogP contribution in [-0.4, -0.2) is 123 Å². The summed E-state index contributed by atoms with van der Waals surface area (Å²) in [7, 11) is 0. The monoisotopic (exact) mass is 412 g/mol. The van der Waals surface area contributed by atoms with E-state index >= 15 is 0 Å². The minimum Gasteiger partial charge on any atom is -0.465 e. The van der Waals surface area contributed by atoms with E-state index in [0.29, 0.717) is 26.3 Å². The van der Waals surface area contributed by atoms with Gasteiger partial charge in [0.05, 0.1) is 26.3 Å². The quantitative estimate of drug-likeness (QED) is 0.585. The molecule has 0 amide bonds. The van der Waals surface area contributed by atoms with Crippen LogP contribution in [0.1, 0.15) is 33.1 Å². The summed E-state index contributed by atoms with van der Waals surface area (Å²) in [5.74, 6) is -0.247. The zero-order chi connectivity index (χ0) is 20.9. The van der Waals surface area contributed by atoms with Crippen LogP contribution in [0.5, 0.6) is 0 Å². The predicted molar refractivity (Wildman–Crippen MR) is 113 cm³/mol. The molecule has 8 heteroatoms. The summed E-state index contributed by atoms with van der Waals surface area (Å²) in [5.41, 5.74) is 0. The normalized spacial score (nSPS) is 25.7. The van der Waals surface area contributed by atoms with E-state index in [1.807, 2.05) is 13.8 Å². The summed E-state index contributed by atoms with van der Waals surface area (Å²) in [6.07, 6.45) is 3.24. The molecule has 2 aliphatic heterocycles. The second-order valence-corrected chi connectivity index (χ2v) is 7.91. The van der Waals surface area contributed by atoms with Crippen LogP contribution in [0.2, 0.25) is 0 Å². The van der Waals surface area contributed by atoms with Crippen molar-refractivity contribution in [2.24, 2.45) is 0 Å². The fourth-order valence-corrected chi connectivity index (χ4v) is 4.11. The van der Waals surface area contributed by atoms with Gasteiger partial charge in [0.25, 0.3) is 0 Å². The third kappa shape index (κ3) is 9.89. The number of hydrogen-bond acceptors (Lipinski definition) is 8. The SMILES string of the molecule is CCOC(=O)CN1CCCN2CCCN(CCCN(CC(=O)OCC)CC2)CC1. The maximum atomic E-state index is 12.0. The number of hydrogen-bond donors (Lipinski definition) is 0. The van der Waals surface area contributed by atoms with Crippen LogP contribution in [0.4, 0.5) is 0 Å². The molecule has 0 aromatic rings. The predicted octanol–water partition coefficient (Wildman–Crippen LogP) is 0.518. The van der Waals surface area contributed by atoms with Gasteiger partial charge in [-0.3, -0.25) is 19.4 Å². The van der Waals surface area contributed by atoms with Crippen LogP contribution in [-0.2, 0) is 19.1 Å². The molecule has 0 radical (unpaired) electrons. The van der Waals surface area contributed by atoms with E-state index in [1.165, 1.54) is 0 Å². The molecule has 0 saturated carbocycles. The van der Waals surface area contributed by atoms with Crippen LogP contribution in [0.15, 0.2) is 0 Å². The highest BCUT2D eigenvalue weighted by molar-refractivity contribution is 5.71. The third-order valence-electron chi connectivity index (χ3n) is 5.63. The second kappa shape index (κ2) is 13.9. The Balaban J connectivity index is 1.97. The Labute approximate surface area is 176 Å². The average molecular weight is 413 g/mol. The molecule has 2 atom stereocenters. The molecule has 2 heterocycles.